The number of benzene rings is 1. The number of nitrogens with one attached hydrogen (secondary N) is 1. The molecule has 0 radical (unpaired) electrons. The number of methoxy groups -OCH3 is 1. The fourth-order valence-corrected chi connectivity index (χ4v) is 5.58. The maximum absolute atomic E-state index is 13.9. The summed E-state index contributed by atoms with van der Waals surface area (Å²) in [4.78, 5) is 10.3. The predicted molar refractivity (Wildman–Crippen MR) is 139 cm³/mol. The molecule has 0 amide bonds. The first-order valence-corrected chi connectivity index (χ1v) is 14.0. The Bertz CT molecular complexity index is 1150. The van der Waals surface area contributed by atoms with Crippen molar-refractivity contribution in [2.45, 2.75) is 50.9 Å². The van der Waals surface area contributed by atoms with Gasteiger partial charge < -0.3 is 15.0 Å². The second-order valence-corrected chi connectivity index (χ2v) is 12.3. The zero-order valence-electron chi connectivity index (χ0n) is 21.6. The lowest BCUT2D eigenvalue weighted by Gasteiger charge is -2.38. The van der Waals surface area contributed by atoms with Crippen molar-refractivity contribution >= 4 is 27.2 Å². The van der Waals surface area contributed by atoms with Gasteiger partial charge in [0, 0.05) is 34.7 Å². The molecule has 3 rings (SSSR count). The third kappa shape index (κ3) is 7.10. The van der Waals surface area contributed by atoms with Crippen LogP contribution in [0.5, 0.6) is 5.75 Å². The smallest absolute Gasteiger partial charge is 0.419 e. The highest BCUT2D eigenvalue weighted by atomic mass is 32.2. The van der Waals surface area contributed by atoms with Gasteiger partial charge in [-0.05, 0) is 69.9 Å². The second kappa shape index (κ2) is 11.4. The maximum atomic E-state index is 13.9. The van der Waals surface area contributed by atoms with E-state index in [0.29, 0.717) is 18.0 Å². The molecule has 0 bridgehead atoms. The molecule has 1 saturated carbocycles. The van der Waals surface area contributed by atoms with Gasteiger partial charge in [0.25, 0.3) is 0 Å². The van der Waals surface area contributed by atoms with Gasteiger partial charge in [0.15, 0.2) is 0 Å². The van der Waals surface area contributed by atoms with Crippen LogP contribution in [0.3, 0.4) is 0 Å². The normalized spacial score (nSPS) is 20.4. The molecule has 1 aliphatic carbocycles. The third-order valence-electron chi connectivity index (χ3n) is 6.59. The highest BCUT2D eigenvalue weighted by molar-refractivity contribution is 7.97. The van der Waals surface area contributed by atoms with E-state index in [4.69, 9.17) is 4.74 Å². The Balaban J connectivity index is 1.93. The Kier molecular flexibility index (Phi) is 8.89. The zero-order chi connectivity index (χ0) is 26.7. The maximum Gasteiger partial charge on any atom is 0.419 e. The summed E-state index contributed by atoms with van der Waals surface area (Å²) in [7, 11) is 4.71. The summed E-state index contributed by atoms with van der Waals surface area (Å²) >= 11 is 0. The topological polar surface area (TPSA) is 70.6 Å². The van der Waals surface area contributed by atoms with E-state index >= 15 is 0 Å². The van der Waals surface area contributed by atoms with E-state index in [1.807, 2.05) is 31.1 Å². The number of aromatic nitrogens is 2. The van der Waals surface area contributed by atoms with E-state index in [1.54, 1.807) is 23.7 Å². The van der Waals surface area contributed by atoms with E-state index in [2.05, 4.69) is 21.2 Å². The van der Waals surface area contributed by atoms with Crippen LogP contribution in [0.15, 0.2) is 24.4 Å². The molecule has 7 nitrogen and oxygen atoms in total. The molecular weight excluding hydrogens is 491 g/mol. The van der Waals surface area contributed by atoms with Crippen LogP contribution in [0.1, 0.15) is 42.5 Å². The Labute approximate surface area is 212 Å². The lowest BCUT2D eigenvalue weighted by molar-refractivity contribution is -0.138. The minimum absolute atomic E-state index is 0.0637. The number of halogens is 3. The van der Waals surface area contributed by atoms with Crippen LogP contribution in [0.2, 0.25) is 0 Å². The molecule has 1 fully saturated rings. The lowest BCUT2D eigenvalue weighted by Crippen LogP contribution is -2.43. The molecule has 2 aromatic rings. The van der Waals surface area contributed by atoms with Gasteiger partial charge in [0.1, 0.15) is 5.75 Å². The lowest BCUT2D eigenvalue weighted by atomic mass is 9.81. The van der Waals surface area contributed by atoms with Crippen molar-refractivity contribution in [2.24, 2.45) is 5.92 Å². The summed E-state index contributed by atoms with van der Waals surface area (Å²) in [6.45, 7) is 0.714. The third-order valence-corrected chi connectivity index (χ3v) is 8.07. The molecule has 1 unspecified atom stereocenters. The number of nitrogens with zero attached hydrogens (tertiary/aromatic N) is 4. The molecule has 1 aliphatic rings. The zero-order valence-corrected chi connectivity index (χ0v) is 22.4. The predicted octanol–water partition coefficient (Wildman–Crippen LogP) is 4.60. The number of anilines is 2. The molecular formula is C25H36F3N5O2S. The number of rotatable bonds is 9. The van der Waals surface area contributed by atoms with Gasteiger partial charge in [-0.25, -0.2) is 14.3 Å². The minimum atomic E-state index is -4.58. The average Bonchev–Trinajstić information content (AvgIpc) is 2.78. The molecule has 1 aromatic heterocycles. The highest BCUT2D eigenvalue weighted by Gasteiger charge is 2.38. The SMILES string of the molecule is C=S(C)(=O)N(C)[C@@H]1CCCC[C@H]1Cc1nc(Nc2ccc(CN(C)C)cc2OC)ncc1C(F)(F)F. The first-order chi connectivity index (χ1) is 16.8. The van der Waals surface area contributed by atoms with Gasteiger partial charge in [-0.1, -0.05) is 18.9 Å². The summed E-state index contributed by atoms with van der Waals surface area (Å²) < 4.78 is 61.5. The summed E-state index contributed by atoms with van der Waals surface area (Å²) in [6, 6.07) is 5.46. The van der Waals surface area contributed by atoms with Crippen LogP contribution in [-0.2, 0) is 28.8 Å². The van der Waals surface area contributed by atoms with E-state index in [0.717, 1.165) is 37.4 Å². The van der Waals surface area contributed by atoms with Crippen LogP contribution < -0.4 is 10.1 Å². The molecule has 11 heteroatoms. The van der Waals surface area contributed by atoms with Crippen LogP contribution in [0, 0.1) is 5.92 Å². The largest absolute Gasteiger partial charge is 0.495 e. The minimum Gasteiger partial charge on any atom is -0.495 e. The van der Waals surface area contributed by atoms with Gasteiger partial charge in [-0.3, -0.25) is 4.21 Å². The highest BCUT2D eigenvalue weighted by Crippen LogP contribution is 2.37. The van der Waals surface area contributed by atoms with Crippen LogP contribution in [0.4, 0.5) is 24.8 Å². The molecule has 3 atom stereocenters. The fourth-order valence-electron chi connectivity index (χ4n) is 4.73. The van der Waals surface area contributed by atoms with Gasteiger partial charge in [0.05, 0.1) is 24.1 Å². The summed E-state index contributed by atoms with van der Waals surface area (Å²) in [5, 5.41) is 3.02. The van der Waals surface area contributed by atoms with Crippen molar-refractivity contribution in [3.8, 4) is 5.75 Å². The van der Waals surface area contributed by atoms with E-state index in [9.17, 15) is 17.4 Å². The van der Waals surface area contributed by atoms with E-state index < -0.39 is 21.4 Å². The Morgan fingerprint density at radius 2 is 1.92 bits per heavy atom. The number of hydrogen-bond acceptors (Lipinski definition) is 6. The summed E-state index contributed by atoms with van der Waals surface area (Å²) in [5.74, 6) is 4.24. The summed E-state index contributed by atoms with van der Waals surface area (Å²) in [6.07, 6.45) is 1.26. The van der Waals surface area contributed by atoms with Crippen molar-refractivity contribution in [3.05, 3.63) is 41.2 Å². The summed E-state index contributed by atoms with van der Waals surface area (Å²) in [5.41, 5.74) is 0.672. The van der Waals surface area contributed by atoms with Gasteiger partial charge in [0.2, 0.25) is 5.95 Å². The second-order valence-electron chi connectivity index (χ2n) is 9.77. The number of alkyl halides is 3. The fraction of sp³-hybridized carbons (Fsp3) is 0.560. The number of ether oxygens (including phenoxy) is 1. The molecule has 200 valence electrons. The van der Waals surface area contributed by atoms with Crippen molar-refractivity contribution in [1.29, 1.82) is 0 Å². The standard InChI is InChI=1S/C25H36F3N5O2S/c1-32(2)16-17-11-12-20(23(13-17)35-4)30-24-29-15-19(25(26,27)28)21(31-24)14-18-9-7-8-10-22(18)33(3)36(5,6)34/h11-13,15,18,22H,5,7-10,14,16H2,1-4,6H3,(H,29,30,31)/t18-,22+,36?/m0/s1. The number of hydrogen-bond donors (Lipinski definition) is 1. The Morgan fingerprint density at radius 3 is 2.53 bits per heavy atom. The van der Waals surface area contributed by atoms with E-state index in [-0.39, 0.29) is 30.0 Å². The van der Waals surface area contributed by atoms with Crippen LogP contribution in [0.25, 0.3) is 0 Å². The van der Waals surface area contributed by atoms with Gasteiger partial charge in [-0.2, -0.15) is 13.2 Å². The van der Waals surface area contributed by atoms with Gasteiger partial charge >= 0.3 is 6.18 Å². The van der Waals surface area contributed by atoms with Crippen molar-refractivity contribution in [2.75, 3.05) is 39.8 Å². The quantitative estimate of drug-likeness (QED) is 0.481. The molecule has 0 spiro atoms. The first-order valence-electron chi connectivity index (χ1n) is 11.9. The first kappa shape index (κ1) is 28.2. The molecule has 1 heterocycles. The molecule has 36 heavy (non-hydrogen) atoms. The van der Waals surface area contributed by atoms with Crippen LogP contribution in [-0.4, -0.2) is 69.8 Å². The van der Waals surface area contributed by atoms with Gasteiger partial charge in [-0.15, -0.1) is 0 Å². The Hall–Kier alpha value is -2.37. The van der Waals surface area contributed by atoms with Crippen molar-refractivity contribution < 1.29 is 22.1 Å². The van der Waals surface area contributed by atoms with Crippen LogP contribution >= 0.6 is 0 Å². The molecule has 0 saturated heterocycles. The average molecular weight is 528 g/mol. The molecule has 1 N–H and O–H groups in total. The van der Waals surface area contributed by atoms with Crippen molar-refractivity contribution in [3.63, 3.8) is 0 Å². The van der Waals surface area contributed by atoms with E-state index in [1.165, 1.54) is 7.11 Å². The Morgan fingerprint density at radius 1 is 1.22 bits per heavy atom. The molecule has 1 aromatic carbocycles. The molecule has 0 aliphatic heterocycles. The van der Waals surface area contributed by atoms with Crippen molar-refractivity contribution in [1.82, 2.24) is 19.2 Å². The monoisotopic (exact) mass is 527 g/mol.